The summed E-state index contributed by atoms with van der Waals surface area (Å²) < 4.78 is 24.7. The average Bonchev–Trinajstić information content (AvgIpc) is 1.80. The van der Waals surface area contributed by atoms with E-state index in [0.717, 1.165) is 6.92 Å². The fraction of sp³-hybridized carbons (Fsp3) is 0.500. The highest BCUT2D eigenvalue weighted by Crippen LogP contribution is 2.21. The van der Waals surface area contributed by atoms with E-state index >= 15 is 0 Å². The molecule has 0 aromatic rings. The second-order valence-corrected chi connectivity index (χ2v) is 2.26. The molecule has 10 heavy (non-hydrogen) atoms. The number of halogens is 2. The van der Waals surface area contributed by atoms with Gasteiger partial charge in [-0.25, -0.2) is 8.78 Å². The molecule has 0 unspecified atom stereocenters. The molecule has 0 rings (SSSR count). The molecule has 0 saturated heterocycles. The zero-order valence-electron chi connectivity index (χ0n) is 6.49. The highest BCUT2D eigenvalue weighted by Gasteiger charge is 2.22. The first-order valence-corrected chi connectivity index (χ1v) is 3.16. The van der Waals surface area contributed by atoms with Crippen molar-refractivity contribution in [1.29, 1.82) is 0 Å². The van der Waals surface area contributed by atoms with Crippen LogP contribution in [-0.4, -0.2) is 5.92 Å². The molecular weight excluding hydrogens is 134 g/mol. The Labute approximate surface area is 60.2 Å². The molecule has 0 heterocycles. The Kier molecular flexibility index (Phi) is 3.26. The molecule has 0 N–H and O–H groups in total. The quantitative estimate of drug-likeness (QED) is 0.525. The Morgan fingerprint density at radius 2 is 1.90 bits per heavy atom. The van der Waals surface area contributed by atoms with Crippen LogP contribution in [0.3, 0.4) is 0 Å². The van der Waals surface area contributed by atoms with Crippen molar-refractivity contribution in [2.24, 2.45) is 0 Å². The van der Waals surface area contributed by atoms with Gasteiger partial charge in [-0.3, -0.25) is 0 Å². The van der Waals surface area contributed by atoms with Gasteiger partial charge in [-0.1, -0.05) is 18.2 Å². The smallest absolute Gasteiger partial charge is 0.202 e. The monoisotopic (exact) mass is 146 g/mol. The predicted molar refractivity (Wildman–Crippen MR) is 39.2 cm³/mol. The van der Waals surface area contributed by atoms with Crippen molar-refractivity contribution < 1.29 is 8.78 Å². The third-order valence-corrected chi connectivity index (χ3v) is 1.23. The number of hydrogen-bond acceptors (Lipinski definition) is 0. The molecule has 0 amide bonds. The molecule has 0 atom stereocenters. The van der Waals surface area contributed by atoms with Crippen LogP contribution in [-0.2, 0) is 0 Å². The zero-order chi connectivity index (χ0) is 8.20. The SMILES string of the molecule is CC=CC=C(C)C(C)(F)F. The van der Waals surface area contributed by atoms with Gasteiger partial charge < -0.3 is 0 Å². The van der Waals surface area contributed by atoms with Crippen LogP contribution in [0.25, 0.3) is 0 Å². The molecule has 0 fully saturated rings. The van der Waals surface area contributed by atoms with Crippen molar-refractivity contribution in [2.75, 3.05) is 0 Å². The van der Waals surface area contributed by atoms with Crippen molar-refractivity contribution in [3.8, 4) is 0 Å². The fourth-order valence-corrected chi connectivity index (χ4v) is 0.387. The minimum atomic E-state index is -2.68. The first-order chi connectivity index (χ1) is 4.48. The number of alkyl halides is 2. The van der Waals surface area contributed by atoms with Crippen LogP contribution >= 0.6 is 0 Å². The van der Waals surface area contributed by atoms with E-state index in [4.69, 9.17) is 0 Å². The molecule has 0 aromatic heterocycles. The highest BCUT2D eigenvalue weighted by molar-refractivity contribution is 5.15. The lowest BCUT2D eigenvalue weighted by Gasteiger charge is -2.08. The maximum absolute atomic E-state index is 12.3. The third-order valence-electron chi connectivity index (χ3n) is 1.23. The van der Waals surface area contributed by atoms with Crippen molar-refractivity contribution >= 4 is 0 Å². The van der Waals surface area contributed by atoms with Gasteiger partial charge in [-0.15, -0.1) is 0 Å². The van der Waals surface area contributed by atoms with E-state index in [1.807, 2.05) is 0 Å². The summed E-state index contributed by atoms with van der Waals surface area (Å²) in [6, 6.07) is 0. The topological polar surface area (TPSA) is 0 Å². The standard InChI is InChI=1S/C8H12F2/c1-4-5-6-7(2)8(3,9)10/h4-6H,1-3H3. The lowest BCUT2D eigenvalue weighted by molar-refractivity contribution is 0.0635. The second kappa shape index (κ2) is 3.49. The molecule has 0 bridgehead atoms. The van der Waals surface area contributed by atoms with Crippen LogP contribution in [0.5, 0.6) is 0 Å². The maximum atomic E-state index is 12.3. The van der Waals surface area contributed by atoms with E-state index in [1.165, 1.54) is 13.0 Å². The fourth-order valence-electron chi connectivity index (χ4n) is 0.387. The van der Waals surface area contributed by atoms with Crippen LogP contribution in [0.4, 0.5) is 8.78 Å². The van der Waals surface area contributed by atoms with Crippen LogP contribution in [0.15, 0.2) is 23.8 Å². The minimum Gasteiger partial charge on any atom is -0.202 e. The zero-order valence-corrected chi connectivity index (χ0v) is 6.49. The Bertz CT molecular complexity index is 149. The summed E-state index contributed by atoms with van der Waals surface area (Å²) in [6.45, 7) is 4.10. The maximum Gasteiger partial charge on any atom is 0.266 e. The predicted octanol–water partition coefficient (Wildman–Crippen LogP) is 3.16. The van der Waals surface area contributed by atoms with Gasteiger partial charge in [0, 0.05) is 6.92 Å². The van der Waals surface area contributed by atoms with Gasteiger partial charge in [0.15, 0.2) is 0 Å². The van der Waals surface area contributed by atoms with E-state index in [9.17, 15) is 8.78 Å². The molecule has 0 saturated carbocycles. The van der Waals surface area contributed by atoms with Crippen molar-refractivity contribution in [1.82, 2.24) is 0 Å². The van der Waals surface area contributed by atoms with Crippen LogP contribution < -0.4 is 0 Å². The summed E-state index contributed by atoms with van der Waals surface area (Å²) in [4.78, 5) is 0. The molecule has 2 heteroatoms. The van der Waals surface area contributed by atoms with E-state index < -0.39 is 5.92 Å². The Morgan fingerprint density at radius 1 is 1.40 bits per heavy atom. The Hall–Kier alpha value is -0.660. The van der Waals surface area contributed by atoms with Crippen LogP contribution in [0.2, 0.25) is 0 Å². The Balaban J connectivity index is 4.20. The summed E-state index contributed by atoms with van der Waals surface area (Å²) >= 11 is 0. The van der Waals surface area contributed by atoms with Crippen LogP contribution in [0.1, 0.15) is 20.8 Å². The molecule has 0 spiro atoms. The second-order valence-electron chi connectivity index (χ2n) is 2.26. The third kappa shape index (κ3) is 3.38. The molecule has 0 aromatic carbocycles. The van der Waals surface area contributed by atoms with Gasteiger partial charge in [0.2, 0.25) is 0 Å². The summed E-state index contributed by atoms with van der Waals surface area (Å²) in [7, 11) is 0. The first-order valence-electron chi connectivity index (χ1n) is 3.16. The van der Waals surface area contributed by atoms with E-state index in [2.05, 4.69) is 0 Å². The number of hydrogen-bond donors (Lipinski definition) is 0. The highest BCUT2D eigenvalue weighted by atomic mass is 19.3. The van der Waals surface area contributed by atoms with Gasteiger partial charge in [-0.2, -0.15) is 0 Å². The minimum absolute atomic E-state index is 0.0885. The van der Waals surface area contributed by atoms with Crippen molar-refractivity contribution in [3.63, 3.8) is 0 Å². The number of allylic oxidation sites excluding steroid dienone is 4. The van der Waals surface area contributed by atoms with Crippen molar-refractivity contribution in [3.05, 3.63) is 23.8 Å². The Morgan fingerprint density at radius 3 is 2.20 bits per heavy atom. The van der Waals surface area contributed by atoms with Gasteiger partial charge >= 0.3 is 0 Å². The molecule has 0 aliphatic rings. The van der Waals surface area contributed by atoms with E-state index in [0.29, 0.717) is 0 Å². The molecule has 0 radical (unpaired) electrons. The van der Waals surface area contributed by atoms with Gasteiger partial charge in [-0.05, 0) is 19.4 Å². The van der Waals surface area contributed by atoms with Gasteiger partial charge in [0.25, 0.3) is 5.92 Å². The summed E-state index contributed by atoms with van der Waals surface area (Å²) in [5, 5.41) is 0. The normalized spacial score (nSPS) is 14.7. The number of rotatable bonds is 2. The average molecular weight is 146 g/mol. The first kappa shape index (κ1) is 9.34. The molecule has 0 aliphatic carbocycles. The summed E-state index contributed by atoms with van der Waals surface area (Å²) in [6.07, 6.45) is 4.74. The lowest BCUT2D eigenvalue weighted by Crippen LogP contribution is -2.10. The summed E-state index contributed by atoms with van der Waals surface area (Å²) in [5.74, 6) is -2.68. The molecule has 0 aliphatic heterocycles. The van der Waals surface area contributed by atoms with E-state index in [-0.39, 0.29) is 5.57 Å². The largest absolute Gasteiger partial charge is 0.266 e. The van der Waals surface area contributed by atoms with Gasteiger partial charge in [0.1, 0.15) is 0 Å². The lowest BCUT2D eigenvalue weighted by atomic mass is 10.1. The van der Waals surface area contributed by atoms with E-state index in [1.54, 1.807) is 19.1 Å². The molecular formula is C8H12F2. The van der Waals surface area contributed by atoms with Crippen LogP contribution in [0, 0.1) is 0 Å². The molecule has 0 nitrogen and oxygen atoms in total. The molecule has 58 valence electrons. The van der Waals surface area contributed by atoms with Gasteiger partial charge in [0.05, 0.1) is 0 Å². The summed E-state index contributed by atoms with van der Waals surface area (Å²) in [5.41, 5.74) is 0.0885. The van der Waals surface area contributed by atoms with Crippen molar-refractivity contribution in [2.45, 2.75) is 26.7 Å².